The molecule has 1 amide bonds. The highest BCUT2D eigenvalue weighted by atomic mass is 16.1. The monoisotopic (exact) mass is 198 g/mol. The SMILES string of the molecule is CCCC1NC(C)CC(C)C1C(N)=O. The summed E-state index contributed by atoms with van der Waals surface area (Å²) < 4.78 is 0. The number of amides is 1. The lowest BCUT2D eigenvalue weighted by Crippen LogP contribution is -2.54. The van der Waals surface area contributed by atoms with Crippen LogP contribution in [0, 0.1) is 11.8 Å². The molecular formula is C11H22N2O. The Labute approximate surface area is 86.4 Å². The van der Waals surface area contributed by atoms with Gasteiger partial charge in [0.1, 0.15) is 0 Å². The van der Waals surface area contributed by atoms with E-state index in [2.05, 4.69) is 26.1 Å². The maximum atomic E-state index is 11.3. The quantitative estimate of drug-likeness (QED) is 0.717. The topological polar surface area (TPSA) is 55.1 Å². The maximum Gasteiger partial charge on any atom is 0.222 e. The molecule has 0 spiro atoms. The van der Waals surface area contributed by atoms with E-state index >= 15 is 0 Å². The van der Waals surface area contributed by atoms with E-state index in [-0.39, 0.29) is 17.9 Å². The predicted molar refractivity (Wildman–Crippen MR) is 57.8 cm³/mol. The zero-order chi connectivity index (χ0) is 10.7. The van der Waals surface area contributed by atoms with Gasteiger partial charge in [-0.25, -0.2) is 0 Å². The molecule has 4 unspecified atom stereocenters. The van der Waals surface area contributed by atoms with E-state index in [1.165, 1.54) is 0 Å². The van der Waals surface area contributed by atoms with Crippen LogP contribution in [0.25, 0.3) is 0 Å². The summed E-state index contributed by atoms with van der Waals surface area (Å²) in [4.78, 5) is 11.3. The first-order valence-electron chi connectivity index (χ1n) is 5.61. The molecule has 1 saturated heterocycles. The Bertz CT molecular complexity index is 205. The van der Waals surface area contributed by atoms with Gasteiger partial charge < -0.3 is 11.1 Å². The van der Waals surface area contributed by atoms with Crippen molar-refractivity contribution < 1.29 is 4.79 Å². The van der Waals surface area contributed by atoms with E-state index in [1.807, 2.05) is 0 Å². The second kappa shape index (κ2) is 4.78. The van der Waals surface area contributed by atoms with E-state index in [9.17, 15) is 4.79 Å². The van der Waals surface area contributed by atoms with Crippen LogP contribution in [-0.2, 0) is 4.79 Å². The molecule has 1 aliphatic rings. The van der Waals surface area contributed by atoms with Crippen molar-refractivity contribution in [2.75, 3.05) is 0 Å². The fourth-order valence-electron chi connectivity index (χ4n) is 2.69. The number of carbonyl (C=O) groups is 1. The highest BCUT2D eigenvalue weighted by Crippen LogP contribution is 2.28. The maximum absolute atomic E-state index is 11.3. The Morgan fingerprint density at radius 2 is 2.14 bits per heavy atom. The minimum Gasteiger partial charge on any atom is -0.369 e. The summed E-state index contributed by atoms with van der Waals surface area (Å²) in [6.45, 7) is 6.45. The molecule has 0 radical (unpaired) electrons. The molecule has 0 aliphatic carbocycles. The Balaban J connectivity index is 2.70. The summed E-state index contributed by atoms with van der Waals surface area (Å²) in [7, 11) is 0. The fraction of sp³-hybridized carbons (Fsp3) is 0.909. The lowest BCUT2D eigenvalue weighted by Gasteiger charge is -2.39. The van der Waals surface area contributed by atoms with Crippen LogP contribution in [0.3, 0.4) is 0 Å². The van der Waals surface area contributed by atoms with Crippen LogP contribution in [0.15, 0.2) is 0 Å². The molecule has 0 aromatic carbocycles. The number of rotatable bonds is 3. The third-order valence-electron chi connectivity index (χ3n) is 3.20. The van der Waals surface area contributed by atoms with Gasteiger partial charge in [0.2, 0.25) is 5.91 Å². The summed E-state index contributed by atoms with van der Waals surface area (Å²) in [6, 6.07) is 0.799. The van der Waals surface area contributed by atoms with Gasteiger partial charge in [-0.2, -0.15) is 0 Å². The molecule has 3 nitrogen and oxygen atoms in total. The number of primary amides is 1. The van der Waals surface area contributed by atoms with Crippen molar-refractivity contribution in [3.05, 3.63) is 0 Å². The molecule has 3 heteroatoms. The van der Waals surface area contributed by atoms with Gasteiger partial charge in [-0.1, -0.05) is 20.3 Å². The number of piperidine rings is 1. The molecule has 3 N–H and O–H groups in total. The van der Waals surface area contributed by atoms with Gasteiger partial charge in [0.05, 0.1) is 5.92 Å². The minimum absolute atomic E-state index is 0.0196. The second-order valence-electron chi connectivity index (χ2n) is 4.60. The van der Waals surface area contributed by atoms with Gasteiger partial charge in [-0.3, -0.25) is 4.79 Å². The third-order valence-corrected chi connectivity index (χ3v) is 3.20. The Kier molecular flexibility index (Phi) is 3.93. The second-order valence-corrected chi connectivity index (χ2v) is 4.60. The fourth-order valence-corrected chi connectivity index (χ4v) is 2.69. The third kappa shape index (κ3) is 2.47. The molecule has 1 rings (SSSR count). The molecule has 82 valence electrons. The Hall–Kier alpha value is -0.570. The average Bonchev–Trinajstić information content (AvgIpc) is 2.01. The molecule has 4 atom stereocenters. The number of nitrogens with two attached hydrogens (primary N) is 1. The first kappa shape index (κ1) is 11.5. The predicted octanol–water partition coefficient (Wildman–Crippen LogP) is 1.27. The summed E-state index contributed by atoms with van der Waals surface area (Å²) in [5.74, 6) is 0.293. The molecule has 14 heavy (non-hydrogen) atoms. The normalized spacial score (nSPS) is 38.2. The Morgan fingerprint density at radius 3 is 2.64 bits per heavy atom. The smallest absolute Gasteiger partial charge is 0.222 e. The molecular weight excluding hydrogens is 176 g/mol. The summed E-state index contributed by atoms with van der Waals surface area (Å²) in [5.41, 5.74) is 5.44. The van der Waals surface area contributed by atoms with Crippen molar-refractivity contribution in [3.8, 4) is 0 Å². The minimum atomic E-state index is -0.143. The van der Waals surface area contributed by atoms with Crippen LogP contribution in [0.1, 0.15) is 40.0 Å². The van der Waals surface area contributed by atoms with Crippen molar-refractivity contribution in [1.29, 1.82) is 0 Å². The zero-order valence-electron chi connectivity index (χ0n) is 9.42. The number of nitrogens with one attached hydrogen (secondary N) is 1. The van der Waals surface area contributed by atoms with Crippen molar-refractivity contribution in [2.45, 2.75) is 52.1 Å². The lowest BCUT2D eigenvalue weighted by atomic mass is 9.77. The van der Waals surface area contributed by atoms with E-state index in [4.69, 9.17) is 5.73 Å². The van der Waals surface area contributed by atoms with Crippen molar-refractivity contribution >= 4 is 5.91 Å². The van der Waals surface area contributed by atoms with Crippen LogP contribution >= 0.6 is 0 Å². The highest BCUT2D eigenvalue weighted by molar-refractivity contribution is 5.77. The lowest BCUT2D eigenvalue weighted by molar-refractivity contribution is -0.125. The zero-order valence-corrected chi connectivity index (χ0v) is 9.42. The molecule has 1 aliphatic heterocycles. The summed E-state index contributed by atoms with van der Waals surface area (Å²) in [6.07, 6.45) is 3.19. The van der Waals surface area contributed by atoms with Gasteiger partial charge in [0.15, 0.2) is 0 Å². The van der Waals surface area contributed by atoms with Crippen LogP contribution in [0.2, 0.25) is 0 Å². The highest BCUT2D eigenvalue weighted by Gasteiger charge is 2.36. The largest absolute Gasteiger partial charge is 0.369 e. The standard InChI is InChI=1S/C11H22N2O/c1-4-5-9-10(11(12)14)7(2)6-8(3)13-9/h7-10,13H,4-6H2,1-3H3,(H2,12,14). The number of hydrogen-bond donors (Lipinski definition) is 2. The van der Waals surface area contributed by atoms with E-state index < -0.39 is 0 Å². The van der Waals surface area contributed by atoms with Crippen LogP contribution in [-0.4, -0.2) is 18.0 Å². The van der Waals surface area contributed by atoms with Gasteiger partial charge in [0.25, 0.3) is 0 Å². The summed E-state index contributed by atoms with van der Waals surface area (Å²) in [5, 5.41) is 3.48. The number of carbonyl (C=O) groups excluding carboxylic acids is 1. The Morgan fingerprint density at radius 1 is 1.50 bits per heavy atom. The van der Waals surface area contributed by atoms with Crippen LogP contribution in [0.5, 0.6) is 0 Å². The van der Waals surface area contributed by atoms with E-state index in [1.54, 1.807) is 0 Å². The van der Waals surface area contributed by atoms with Gasteiger partial charge in [-0.15, -0.1) is 0 Å². The van der Waals surface area contributed by atoms with Crippen molar-refractivity contribution in [3.63, 3.8) is 0 Å². The van der Waals surface area contributed by atoms with Gasteiger partial charge in [0, 0.05) is 12.1 Å². The molecule has 0 bridgehead atoms. The molecule has 1 fully saturated rings. The molecule has 0 aromatic heterocycles. The van der Waals surface area contributed by atoms with Crippen LogP contribution in [0.4, 0.5) is 0 Å². The summed E-state index contributed by atoms with van der Waals surface area (Å²) >= 11 is 0. The van der Waals surface area contributed by atoms with Crippen molar-refractivity contribution in [2.24, 2.45) is 17.6 Å². The molecule has 1 heterocycles. The van der Waals surface area contributed by atoms with E-state index in [0.29, 0.717) is 12.0 Å². The first-order chi connectivity index (χ1) is 6.56. The molecule has 0 aromatic rings. The van der Waals surface area contributed by atoms with E-state index in [0.717, 1.165) is 19.3 Å². The van der Waals surface area contributed by atoms with Crippen LogP contribution < -0.4 is 11.1 Å². The van der Waals surface area contributed by atoms with Crippen molar-refractivity contribution in [1.82, 2.24) is 5.32 Å². The first-order valence-corrected chi connectivity index (χ1v) is 5.61. The van der Waals surface area contributed by atoms with Gasteiger partial charge in [-0.05, 0) is 25.7 Å². The molecule has 0 saturated carbocycles. The van der Waals surface area contributed by atoms with Gasteiger partial charge >= 0.3 is 0 Å². The number of hydrogen-bond acceptors (Lipinski definition) is 2. The average molecular weight is 198 g/mol.